The normalized spacial score (nSPS) is 15.4. The third-order valence-electron chi connectivity index (χ3n) is 6.57. The molecule has 2 N–H and O–H groups in total. The van der Waals surface area contributed by atoms with Crippen molar-refractivity contribution in [3.63, 3.8) is 0 Å². The lowest BCUT2D eigenvalue weighted by molar-refractivity contribution is -0.131. The first-order chi connectivity index (χ1) is 18.4. The summed E-state index contributed by atoms with van der Waals surface area (Å²) in [4.78, 5) is 25.6. The summed E-state index contributed by atoms with van der Waals surface area (Å²) in [6.45, 7) is 3.82. The molecule has 0 aliphatic carbocycles. The number of piperazine rings is 1. The minimum Gasteiger partial charge on any atom is -0.493 e. The van der Waals surface area contributed by atoms with Crippen LogP contribution in [0.15, 0.2) is 30.3 Å². The highest BCUT2D eigenvalue weighted by Crippen LogP contribution is 2.38. The van der Waals surface area contributed by atoms with Crippen LogP contribution in [0.5, 0.6) is 11.5 Å². The molecule has 200 valence electrons. The van der Waals surface area contributed by atoms with Crippen LogP contribution >= 0.6 is 0 Å². The van der Waals surface area contributed by atoms with E-state index >= 15 is 4.39 Å². The van der Waals surface area contributed by atoms with Crippen molar-refractivity contribution < 1.29 is 23.4 Å². The number of amides is 1. The van der Waals surface area contributed by atoms with E-state index in [-0.39, 0.29) is 48.0 Å². The van der Waals surface area contributed by atoms with Gasteiger partial charge in [-0.25, -0.2) is 9.37 Å². The zero-order chi connectivity index (χ0) is 27.2. The van der Waals surface area contributed by atoms with Crippen LogP contribution in [-0.2, 0) is 16.0 Å². The summed E-state index contributed by atoms with van der Waals surface area (Å²) in [5.74, 6) is -0.0915. The summed E-state index contributed by atoms with van der Waals surface area (Å²) < 4.78 is 31.4. The number of nitrogens with two attached hydrogens (primary N) is 1. The van der Waals surface area contributed by atoms with E-state index in [0.717, 1.165) is 5.56 Å². The molecule has 1 amide bonds. The van der Waals surface area contributed by atoms with E-state index in [4.69, 9.17) is 25.2 Å². The minimum atomic E-state index is -0.685. The van der Waals surface area contributed by atoms with Crippen molar-refractivity contribution in [1.29, 1.82) is 5.26 Å². The van der Waals surface area contributed by atoms with Gasteiger partial charge in [-0.15, -0.1) is 0 Å². The fourth-order valence-corrected chi connectivity index (χ4v) is 4.47. The fourth-order valence-electron chi connectivity index (χ4n) is 4.47. The number of hydrogen-bond donors (Lipinski definition) is 1. The summed E-state index contributed by atoms with van der Waals surface area (Å²) in [7, 11) is 2.95. The Morgan fingerprint density at radius 3 is 2.63 bits per heavy atom. The molecule has 2 heterocycles. The molecule has 1 atom stereocenters. The van der Waals surface area contributed by atoms with Crippen LogP contribution in [-0.4, -0.2) is 73.9 Å². The standard InChI is InChI=1S/C27H31FN6O4/c1-17-16-33(22(35)9-8-18-4-6-19(15-29)7-5-18)10-11-34(17)27-31-24-20(26(30)32-27)14-21(37-3)25(23(24)28)38-13-12-36-2/h4-7,14,17H,8-13,16H2,1-3H3,(H2,30,31,32)/t17-/m0/s1. The first kappa shape index (κ1) is 26.9. The van der Waals surface area contributed by atoms with Gasteiger partial charge >= 0.3 is 0 Å². The van der Waals surface area contributed by atoms with Crippen molar-refractivity contribution in [1.82, 2.24) is 14.9 Å². The third-order valence-corrected chi connectivity index (χ3v) is 6.57. The molecular formula is C27H31FN6O4. The van der Waals surface area contributed by atoms with Crippen LogP contribution in [0.4, 0.5) is 16.2 Å². The second-order valence-corrected chi connectivity index (χ2v) is 9.06. The Morgan fingerprint density at radius 2 is 1.97 bits per heavy atom. The lowest BCUT2D eigenvalue weighted by Crippen LogP contribution is -2.54. The molecule has 38 heavy (non-hydrogen) atoms. The van der Waals surface area contributed by atoms with Crippen LogP contribution in [0.1, 0.15) is 24.5 Å². The van der Waals surface area contributed by atoms with Gasteiger partial charge in [0.25, 0.3) is 0 Å². The zero-order valence-corrected chi connectivity index (χ0v) is 21.7. The van der Waals surface area contributed by atoms with Crippen molar-refractivity contribution in [3.05, 3.63) is 47.3 Å². The highest BCUT2D eigenvalue weighted by atomic mass is 19.1. The Bertz CT molecular complexity index is 1340. The van der Waals surface area contributed by atoms with Crippen molar-refractivity contribution >= 4 is 28.6 Å². The van der Waals surface area contributed by atoms with Crippen molar-refractivity contribution in [2.24, 2.45) is 0 Å². The number of ether oxygens (including phenoxy) is 3. The Balaban J connectivity index is 1.48. The predicted molar refractivity (Wildman–Crippen MR) is 141 cm³/mol. The molecule has 1 aliphatic rings. The maximum atomic E-state index is 15.5. The molecule has 1 aliphatic heterocycles. The molecule has 11 heteroatoms. The monoisotopic (exact) mass is 522 g/mol. The molecule has 0 radical (unpaired) electrons. The molecule has 2 aromatic carbocycles. The first-order valence-electron chi connectivity index (χ1n) is 12.3. The van der Waals surface area contributed by atoms with E-state index in [1.54, 1.807) is 18.2 Å². The van der Waals surface area contributed by atoms with E-state index < -0.39 is 5.82 Å². The van der Waals surface area contributed by atoms with E-state index in [1.165, 1.54) is 14.2 Å². The number of carbonyl (C=O) groups excluding carboxylic acids is 1. The van der Waals surface area contributed by atoms with Gasteiger partial charge in [-0.1, -0.05) is 12.1 Å². The average Bonchev–Trinajstić information content (AvgIpc) is 2.93. The smallest absolute Gasteiger partial charge is 0.228 e. The van der Waals surface area contributed by atoms with Crippen LogP contribution < -0.4 is 20.1 Å². The fraction of sp³-hybridized carbons (Fsp3) is 0.407. The first-order valence-corrected chi connectivity index (χ1v) is 12.3. The SMILES string of the molecule is COCCOc1c(OC)cc2c(N)nc(N3CCN(C(=O)CCc4ccc(C#N)cc4)C[C@@H]3C)nc2c1F. The van der Waals surface area contributed by atoms with Gasteiger partial charge < -0.3 is 29.7 Å². The molecule has 1 aromatic heterocycles. The molecule has 0 saturated carbocycles. The number of aromatic nitrogens is 2. The van der Waals surface area contributed by atoms with E-state index in [1.807, 2.05) is 28.9 Å². The van der Waals surface area contributed by atoms with Gasteiger partial charge in [0, 0.05) is 44.6 Å². The van der Waals surface area contributed by atoms with Crippen LogP contribution in [0, 0.1) is 17.1 Å². The van der Waals surface area contributed by atoms with Crippen molar-refractivity contribution in [2.75, 3.05) is 57.7 Å². The average molecular weight is 523 g/mol. The highest BCUT2D eigenvalue weighted by Gasteiger charge is 2.29. The summed E-state index contributed by atoms with van der Waals surface area (Å²) >= 11 is 0. The topological polar surface area (TPSA) is 127 Å². The number of aryl methyl sites for hydroxylation is 1. The molecular weight excluding hydrogens is 491 g/mol. The summed E-state index contributed by atoms with van der Waals surface area (Å²) in [6, 6.07) is 10.8. The van der Waals surface area contributed by atoms with Gasteiger partial charge in [0.05, 0.1) is 25.3 Å². The second-order valence-electron chi connectivity index (χ2n) is 9.06. The molecule has 4 rings (SSSR count). The number of benzene rings is 2. The third kappa shape index (κ3) is 5.70. The summed E-state index contributed by atoms with van der Waals surface area (Å²) in [5, 5.41) is 9.26. The van der Waals surface area contributed by atoms with Gasteiger partial charge in [0.2, 0.25) is 11.9 Å². The molecule has 1 fully saturated rings. The number of fused-ring (bicyclic) bond motifs is 1. The van der Waals surface area contributed by atoms with Crippen molar-refractivity contribution in [2.45, 2.75) is 25.8 Å². The maximum absolute atomic E-state index is 15.5. The number of nitrogens with zero attached hydrogens (tertiary/aromatic N) is 5. The van der Waals surface area contributed by atoms with Crippen LogP contribution in [0.3, 0.4) is 0 Å². The van der Waals surface area contributed by atoms with Gasteiger partial charge in [0.1, 0.15) is 17.9 Å². The second kappa shape index (κ2) is 11.9. The predicted octanol–water partition coefficient (Wildman–Crippen LogP) is 2.93. The molecule has 0 bridgehead atoms. The number of anilines is 2. The van der Waals surface area contributed by atoms with Crippen molar-refractivity contribution in [3.8, 4) is 17.6 Å². The van der Waals surface area contributed by atoms with E-state index in [2.05, 4.69) is 16.0 Å². The quantitative estimate of drug-likeness (QED) is 0.422. The van der Waals surface area contributed by atoms with E-state index in [9.17, 15) is 4.79 Å². The molecule has 0 unspecified atom stereocenters. The summed E-state index contributed by atoms with van der Waals surface area (Å²) in [6.07, 6.45) is 0.970. The minimum absolute atomic E-state index is 0.0360. The number of nitriles is 1. The zero-order valence-electron chi connectivity index (χ0n) is 21.7. The van der Waals surface area contributed by atoms with Crippen LogP contribution in [0.2, 0.25) is 0 Å². The Labute approximate surface area is 220 Å². The maximum Gasteiger partial charge on any atom is 0.228 e. The number of halogens is 1. The van der Waals surface area contributed by atoms with Crippen LogP contribution in [0.25, 0.3) is 10.9 Å². The van der Waals surface area contributed by atoms with E-state index in [0.29, 0.717) is 49.4 Å². The summed E-state index contributed by atoms with van der Waals surface area (Å²) in [5.41, 5.74) is 7.86. The largest absolute Gasteiger partial charge is 0.493 e. The Kier molecular flexibility index (Phi) is 8.43. The number of rotatable bonds is 9. The van der Waals surface area contributed by atoms with Gasteiger partial charge in [-0.05, 0) is 37.1 Å². The molecule has 10 nitrogen and oxygen atoms in total. The lowest BCUT2D eigenvalue weighted by Gasteiger charge is -2.40. The number of methoxy groups -OCH3 is 2. The number of nitrogen functional groups attached to an aromatic ring is 1. The highest BCUT2D eigenvalue weighted by molar-refractivity contribution is 5.92. The lowest BCUT2D eigenvalue weighted by atomic mass is 10.1. The van der Waals surface area contributed by atoms with Gasteiger partial charge in [-0.3, -0.25) is 4.79 Å². The number of hydrogen-bond acceptors (Lipinski definition) is 9. The molecule has 3 aromatic rings. The van der Waals surface area contributed by atoms with Gasteiger partial charge in [-0.2, -0.15) is 10.2 Å². The molecule has 0 spiro atoms. The Hall–Kier alpha value is -4.17. The number of carbonyl (C=O) groups is 1. The van der Waals surface area contributed by atoms with Gasteiger partial charge in [0.15, 0.2) is 17.3 Å². The molecule has 1 saturated heterocycles. The Morgan fingerprint density at radius 1 is 1.21 bits per heavy atom.